The highest BCUT2D eigenvalue weighted by Crippen LogP contribution is 2.64. The Balaban J connectivity index is 1.65. The predicted octanol–water partition coefficient (Wildman–Crippen LogP) is 3.88. The van der Waals surface area contributed by atoms with Gasteiger partial charge >= 0.3 is 0 Å². The normalized spacial score (nSPS) is 48.5. The van der Waals surface area contributed by atoms with E-state index in [2.05, 4.69) is 18.8 Å². The molecule has 0 bridgehead atoms. The van der Waals surface area contributed by atoms with Crippen LogP contribution in [0, 0.1) is 40.9 Å². The van der Waals surface area contributed by atoms with Crippen LogP contribution in [0.25, 0.3) is 0 Å². The number of hydrogen-bond acceptors (Lipinski definition) is 2. The quantitative estimate of drug-likeness (QED) is 0.689. The third kappa shape index (κ3) is 2.09. The number of fused-ring (bicyclic) bond motifs is 5. The molecule has 4 aliphatic carbocycles. The van der Waals surface area contributed by atoms with Gasteiger partial charge in [0.1, 0.15) is 5.60 Å². The van der Waals surface area contributed by atoms with Gasteiger partial charge in [0.05, 0.1) is 0 Å². The molecule has 0 aromatic rings. The Labute approximate surface area is 139 Å². The van der Waals surface area contributed by atoms with Gasteiger partial charge in [-0.25, -0.2) is 0 Å². The number of carbonyl (C=O) groups excluding carboxylic acids is 1. The van der Waals surface area contributed by atoms with Crippen molar-refractivity contribution in [2.24, 2.45) is 29.1 Å². The van der Waals surface area contributed by atoms with E-state index in [1.54, 1.807) is 0 Å². The largest absolute Gasteiger partial charge is 0.377 e. The first kappa shape index (κ1) is 15.5. The summed E-state index contributed by atoms with van der Waals surface area (Å²) in [4.78, 5) is 11.7. The minimum absolute atomic E-state index is 0.0388. The zero-order valence-electron chi connectivity index (χ0n) is 14.4. The molecule has 2 nitrogen and oxygen atoms in total. The van der Waals surface area contributed by atoms with E-state index in [9.17, 15) is 9.90 Å². The molecule has 0 aliphatic heterocycles. The van der Waals surface area contributed by atoms with Gasteiger partial charge in [-0.3, -0.25) is 4.79 Å². The second kappa shape index (κ2) is 5.21. The fourth-order valence-corrected chi connectivity index (χ4v) is 6.61. The number of rotatable bonds is 0. The van der Waals surface area contributed by atoms with Crippen molar-refractivity contribution in [1.29, 1.82) is 0 Å². The Kier molecular flexibility index (Phi) is 3.50. The van der Waals surface area contributed by atoms with E-state index in [-0.39, 0.29) is 5.41 Å². The monoisotopic (exact) mass is 312 g/mol. The van der Waals surface area contributed by atoms with Crippen molar-refractivity contribution >= 4 is 5.78 Å². The summed E-state index contributed by atoms with van der Waals surface area (Å²) in [5.74, 6) is 9.19. The minimum atomic E-state index is -0.782. The molecular formula is C21H28O2. The average molecular weight is 312 g/mol. The summed E-state index contributed by atoms with van der Waals surface area (Å²) in [5.41, 5.74) is 0.617. The molecule has 124 valence electrons. The number of allylic oxidation sites excluding steroid dienone is 1. The highest BCUT2D eigenvalue weighted by molar-refractivity contribution is 5.91. The van der Waals surface area contributed by atoms with Crippen LogP contribution < -0.4 is 0 Å². The molecule has 6 atom stereocenters. The van der Waals surface area contributed by atoms with Crippen molar-refractivity contribution in [2.75, 3.05) is 0 Å². The second-order valence-electron chi connectivity index (χ2n) is 8.53. The summed E-state index contributed by atoms with van der Waals surface area (Å²) in [6, 6.07) is 0. The van der Waals surface area contributed by atoms with E-state index in [0.717, 1.165) is 50.4 Å². The molecular weight excluding hydrogens is 284 g/mol. The van der Waals surface area contributed by atoms with Gasteiger partial charge in [0.15, 0.2) is 5.78 Å². The van der Waals surface area contributed by atoms with Gasteiger partial charge in [0.25, 0.3) is 0 Å². The first-order valence-electron chi connectivity index (χ1n) is 9.38. The van der Waals surface area contributed by atoms with Crippen LogP contribution in [0.15, 0.2) is 11.6 Å². The van der Waals surface area contributed by atoms with Crippen molar-refractivity contribution in [3.8, 4) is 11.8 Å². The average Bonchev–Trinajstić information content (AvgIpc) is 2.79. The lowest BCUT2D eigenvalue weighted by molar-refractivity contribution is -0.116. The fraction of sp³-hybridized carbons (Fsp3) is 0.762. The maximum atomic E-state index is 11.7. The molecule has 4 rings (SSSR count). The maximum Gasteiger partial charge on any atom is 0.155 e. The Morgan fingerprint density at radius 2 is 1.96 bits per heavy atom. The van der Waals surface area contributed by atoms with Crippen molar-refractivity contribution in [1.82, 2.24) is 0 Å². The Bertz CT molecular complexity index is 621. The van der Waals surface area contributed by atoms with Crippen LogP contribution in [0.2, 0.25) is 0 Å². The highest BCUT2D eigenvalue weighted by atomic mass is 16.3. The third-order valence-corrected chi connectivity index (χ3v) is 7.78. The van der Waals surface area contributed by atoms with E-state index in [1.807, 2.05) is 13.0 Å². The molecule has 0 heterocycles. The Morgan fingerprint density at radius 3 is 2.74 bits per heavy atom. The predicted molar refractivity (Wildman–Crippen MR) is 90.5 cm³/mol. The molecule has 0 aromatic heterocycles. The maximum absolute atomic E-state index is 11.7. The minimum Gasteiger partial charge on any atom is -0.377 e. The number of aliphatic hydroxyl groups is 1. The summed E-state index contributed by atoms with van der Waals surface area (Å²) in [5, 5.41) is 11.2. The van der Waals surface area contributed by atoms with Crippen LogP contribution >= 0.6 is 0 Å². The summed E-state index contributed by atoms with van der Waals surface area (Å²) in [6.45, 7) is 4.14. The van der Waals surface area contributed by atoms with E-state index >= 15 is 0 Å². The molecule has 6 unspecified atom stereocenters. The molecule has 0 radical (unpaired) electrons. The van der Waals surface area contributed by atoms with Crippen LogP contribution in [-0.4, -0.2) is 16.5 Å². The van der Waals surface area contributed by atoms with Gasteiger partial charge < -0.3 is 5.11 Å². The Hall–Kier alpha value is -1.07. The van der Waals surface area contributed by atoms with Gasteiger partial charge in [0, 0.05) is 11.8 Å². The van der Waals surface area contributed by atoms with Gasteiger partial charge in [-0.15, -0.1) is 5.92 Å². The lowest BCUT2D eigenvalue weighted by Gasteiger charge is -2.54. The van der Waals surface area contributed by atoms with Crippen molar-refractivity contribution in [3.63, 3.8) is 0 Å². The molecule has 3 saturated carbocycles. The fourth-order valence-electron chi connectivity index (χ4n) is 6.61. The molecule has 0 spiro atoms. The van der Waals surface area contributed by atoms with Crippen LogP contribution in [0.3, 0.4) is 0 Å². The van der Waals surface area contributed by atoms with E-state index in [1.165, 1.54) is 18.4 Å². The molecule has 0 saturated heterocycles. The molecule has 0 amide bonds. The summed E-state index contributed by atoms with van der Waals surface area (Å²) in [7, 11) is 0. The van der Waals surface area contributed by atoms with Crippen LogP contribution in [-0.2, 0) is 4.79 Å². The van der Waals surface area contributed by atoms with Gasteiger partial charge in [-0.2, -0.15) is 0 Å². The van der Waals surface area contributed by atoms with Crippen molar-refractivity contribution in [2.45, 2.75) is 70.8 Å². The number of carbonyl (C=O) groups is 1. The number of ketones is 1. The van der Waals surface area contributed by atoms with Gasteiger partial charge in [0.2, 0.25) is 0 Å². The van der Waals surface area contributed by atoms with Crippen LogP contribution in [0.1, 0.15) is 65.2 Å². The summed E-state index contributed by atoms with van der Waals surface area (Å²) < 4.78 is 0. The van der Waals surface area contributed by atoms with Crippen molar-refractivity contribution in [3.05, 3.63) is 11.6 Å². The SMILES string of the molecule is CC#CC1(O)CCC2C3CCC4=CC(=O)CCC4C3CCC21C. The van der Waals surface area contributed by atoms with E-state index in [0.29, 0.717) is 17.6 Å². The summed E-state index contributed by atoms with van der Waals surface area (Å²) >= 11 is 0. The molecule has 4 aliphatic rings. The third-order valence-electron chi connectivity index (χ3n) is 7.78. The van der Waals surface area contributed by atoms with Crippen LogP contribution in [0.5, 0.6) is 0 Å². The molecule has 1 N–H and O–H groups in total. The second-order valence-corrected chi connectivity index (χ2v) is 8.53. The first-order valence-corrected chi connectivity index (χ1v) is 9.38. The smallest absolute Gasteiger partial charge is 0.155 e. The van der Waals surface area contributed by atoms with E-state index < -0.39 is 5.60 Å². The van der Waals surface area contributed by atoms with Gasteiger partial charge in [-0.1, -0.05) is 18.4 Å². The lowest BCUT2D eigenvalue weighted by atomic mass is 9.50. The zero-order valence-corrected chi connectivity index (χ0v) is 14.4. The topological polar surface area (TPSA) is 37.3 Å². The highest BCUT2D eigenvalue weighted by Gasteiger charge is 2.61. The van der Waals surface area contributed by atoms with E-state index in [4.69, 9.17) is 0 Å². The zero-order chi connectivity index (χ0) is 16.2. The molecule has 0 aromatic carbocycles. The van der Waals surface area contributed by atoms with Gasteiger partial charge in [-0.05, 0) is 81.6 Å². The van der Waals surface area contributed by atoms with Crippen LogP contribution in [0.4, 0.5) is 0 Å². The van der Waals surface area contributed by atoms with Crippen molar-refractivity contribution < 1.29 is 9.90 Å². The molecule has 23 heavy (non-hydrogen) atoms. The number of hydrogen-bond donors (Lipinski definition) is 1. The lowest BCUT2D eigenvalue weighted by Crippen LogP contribution is -2.52. The molecule has 3 fully saturated rings. The molecule has 2 heteroatoms. The standard InChI is InChI=1S/C21H28O2/c1-3-10-21(23)12-9-19-18-6-4-14-13-15(22)5-7-16(14)17(18)8-11-20(19,21)2/h13,16-19,23H,4-9,11-12H2,1-2H3. The first-order chi connectivity index (χ1) is 11.0. The summed E-state index contributed by atoms with van der Waals surface area (Å²) in [6.07, 6.45) is 10.3. The Morgan fingerprint density at radius 1 is 1.13 bits per heavy atom.